The van der Waals surface area contributed by atoms with E-state index in [1.807, 2.05) is 62.4 Å². The van der Waals surface area contributed by atoms with E-state index in [9.17, 15) is 14.4 Å². The van der Waals surface area contributed by atoms with Crippen molar-refractivity contribution >= 4 is 28.7 Å². The summed E-state index contributed by atoms with van der Waals surface area (Å²) in [6.07, 6.45) is 1.09. The zero-order valence-electron chi connectivity index (χ0n) is 19.8. The molecule has 35 heavy (non-hydrogen) atoms. The molecular weight excluding hydrogens is 444 g/mol. The number of amides is 4. The highest BCUT2D eigenvalue weighted by molar-refractivity contribution is 6.04. The van der Waals surface area contributed by atoms with Gasteiger partial charge in [0, 0.05) is 29.7 Å². The first kappa shape index (κ1) is 22.8. The third kappa shape index (κ3) is 4.43. The maximum absolute atomic E-state index is 13.2. The molecule has 2 saturated heterocycles. The maximum atomic E-state index is 13.2. The first-order valence-corrected chi connectivity index (χ1v) is 11.8. The average Bonchev–Trinajstić information content (AvgIpc) is 3.33. The number of hydrogen-bond acceptors (Lipinski definition) is 5. The van der Waals surface area contributed by atoms with Crippen LogP contribution in [-0.4, -0.2) is 46.9 Å². The van der Waals surface area contributed by atoms with Crippen molar-refractivity contribution in [1.29, 1.82) is 0 Å². The van der Waals surface area contributed by atoms with E-state index in [-0.39, 0.29) is 11.8 Å². The predicted octanol–water partition coefficient (Wildman–Crippen LogP) is 3.21. The molecule has 4 amide bonds. The summed E-state index contributed by atoms with van der Waals surface area (Å²) in [6, 6.07) is 16.7. The van der Waals surface area contributed by atoms with Gasteiger partial charge in [-0.3, -0.25) is 19.9 Å². The number of carbonyl (C=O) groups excluding carboxylic acids is 3. The summed E-state index contributed by atoms with van der Waals surface area (Å²) in [7, 11) is 0. The lowest BCUT2D eigenvalue weighted by molar-refractivity contribution is -0.132. The number of imide groups is 1. The third-order valence-corrected chi connectivity index (χ3v) is 7.00. The van der Waals surface area contributed by atoms with Crippen LogP contribution in [0.4, 0.5) is 4.79 Å². The molecule has 2 atom stereocenters. The van der Waals surface area contributed by atoms with Crippen LogP contribution in [0.2, 0.25) is 0 Å². The van der Waals surface area contributed by atoms with Gasteiger partial charge in [-0.1, -0.05) is 30.3 Å². The maximum Gasteiger partial charge on any atom is 0.322 e. The van der Waals surface area contributed by atoms with Crippen molar-refractivity contribution < 1.29 is 19.1 Å². The molecule has 0 radical (unpaired) electrons. The van der Waals surface area contributed by atoms with E-state index in [4.69, 9.17) is 4.74 Å². The summed E-state index contributed by atoms with van der Waals surface area (Å²) >= 11 is 0. The van der Waals surface area contributed by atoms with Crippen LogP contribution >= 0.6 is 0 Å². The summed E-state index contributed by atoms with van der Waals surface area (Å²) in [5.41, 5.74) is 3.30. The Hall–Kier alpha value is -3.94. The Kier molecular flexibility index (Phi) is 5.88. The van der Waals surface area contributed by atoms with E-state index in [1.54, 1.807) is 4.90 Å². The molecule has 0 spiro atoms. The minimum atomic E-state index is -0.627. The van der Waals surface area contributed by atoms with Crippen LogP contribution in [0.25, 0.3) is 10.9 Å². The van der Waals surface area contributed by atoms with Crippen LogP contribution in [0.5, 0.6) is 5.75 Å². The SMILES string of the molecule is Cc1cc(COc2ccc(C3(C)CCN(CC[C@@H]4NC(=O)NC4=O)C3=O)cc2)c2ccccc2n1. The second-order valence-corrected chi connectivity index (χ2v) is 9.43. The van der Waals surface area contributed by atoms with Crippen molar-refractivity contribution in [2.24, 2.45) is 0 Å². The molecule has 5 rings (SSSR count). The molecule has 1 aromatic heterocycles. The number of benzene rings is 2. The van der Waals surface area contributed by atoms with Crippen LogP contribution < -0.4 is 15.4 Å². The molecule has 180 valence electrons. The number of aryl methyl sites for hydroxylation is 1. The molecule has 2 aliphatic heterocycles. The summed E-state index contributed by atoms with van der Waals surface area (Å²) in [5.74, 6) is 0.436. The lowest BCUT2D eigenvalue weighted by atomic mass is 9.81. The molecule has 3 heterocycles. The van der Waals surface area contributed by atoms with Crippen molar-refractivity contribution in [3.63, 3.8) is 0 Å². The van der Waals surface area contributed by atoms with Gasteiger partial charge >= 0.3 is 6.03 Å². The van der Waals surface area contributed by atoms with Gasteiger partial charge in [0.25, 0.3) is 5.91 Å². The van der Waals surface area contributed by atoms with Crippen LogP contribution in [-0.2, 0) is 21.6 Å². The lowest BCUT2D eigenvalue weighted by Crippen LogP contribution is -2.39. The molecule has 0 bridgehead atoms. The number of nitrogens with one attached hydrogen (secondary N) is 2. The van der Waals surface area contributed by atoms with Gasteiger partial charge in [-0.15, -0.1) is 0 Å². The number of aromatic nitrogens is 1. The summed E-state index contributed by atoms with van der Waals surface area (Å²) in [5, 5.41) is 5.89. The van der Waals surface area contributed by atoms with Crippen molar-refractivity contribution in [1.82, 2.24) is 20.5 Å². The van der Waals surface area contributed by atoms with Crippen molar-refractivity contribution in [2.45, 2.75) is 44.8 Å². The topological polar surface area (TPSA) is 101 Å². The Bertz CT molecular complexity index is 1310. The molecule has 2 fully saturated rings. The molecule has 0 aliphatic carbocycles. The molecule has 2 aliphatic rings. The number of hydrogen-bond donors (Lipinski definition) is 2. The molecule has 8 heteroatoms. The summed E-state index contributed by atoms with van der Waals surface area (Å²) < 4.78 is 6.07. The van der Waals surface area contributed by atoms with Crippen LogP contribution in [0, 0.1) is 6.92 Å². The Morgan fingerprint density at radius 1 is 1.11 bits per heavy atom. The van der Waals surface area contributed by atoms with Crippen molar-refractivity contribution in [3.05, 3.63) is 71.4 Å². The quantitative estimate of drug-likeness (QED) is 0.515. The zero-order chi connectivity index (χ0) is 24.6. The Balaban J connectivity index is 1.23. The second kappa shape index (κ2) is 9.02. The number of fused-ring (bicyclic) bond motifs is 1. The van der Waals surface area contributed by atoms with E-state index in [0.717, 1.165) is 33.5 Å². The molecule has 3 aromatic rings. The number of ether oxygens (including phenoxy) is 1. The summed E-state index contributed by atoms with van der Waals surface area (Å²) in [6.45, 7) is 5.41. The fourth-order valence-electron chi connectivity index (χ4n) is 4.94. The monoisotopic (exact) mass is 472 g/mol. The van der Waals surface area contributed by atoms with Gasteiger partial charge in [-0.05, 0) is 56.5 Å². The van der Waals surface area contributed by atoms with Crippen LogP contribution in [0.1, 0.15) is 36.6 Å². The van der Waals surface area contributed by atoms with E-state index in [1.165, 1.54) is 0 Å². The minimum Gasteiger partial charge on any atom is -0.489 e. The van der Waals surface area contributed by atoms with Gasteiger partial charge in [-0.2, -0.15) is 0 Å². The third-order valence-electron chi connectivity index (χ3n) is 7.00. The number of carbonyl (C=O) groups is 3. The Labute approximate surface area is 203 Å². The Morgan fingerprint density at radius 3 is 2.63 bits per heavy atom. The average molecular weight is 473 g/mol. The van der Waals surface area contributed by atoms with Gasteiger partial charge < -0.3 is 15.0 Å². The van der Waals surface area contributed by atoms with E-state index >= 15 is 0 Å². The van der Waals surface area contributed by atoms with E-state index in [2.05, 4.69) is 21.7 Å². The van der Waals surface area contributed by atoms with Crippen molar-refractivity contribution in [2.75, 3.05) is 13.1 Å². The highest BCUT2D eigenvalue weighted by Gasteiger charge is 2.44. The number of urea groups is 1. The molecule has 1 unspecified atom stereocenters. The van der Waals surface area contributed by atoms with Gasteiger partial charge in [0.15, 0.2) is 0 Å². The van der Waals surface area contributed by atoms with Crippen molar-refractivity contribution in [3.8, 4) is 5.75 Å². The number of para-hydroxylation sites is 1. The highest BCUT2D eigenvalue weighted by atomic mass is 16.5. The van der Waals surface area contributed by atoms with Gasteiger partial charge in [0.1, 0.15) is 18.4 Å². The predicted molar refractivity (Wildman–Crippen MR) is 131 cm³/mol. The van der Waals surface area contributed by atoms with Crippen LogP contribution in [0.15, 0.2) is 54.6 Å². The van der Waals surface area contributed by atoms with E-state index < -0.39 is 17.5 Å². The highest BCUT2D eigenvalue weighted by Crippen LogP contribution is 2.36. The van der Waals surface area contributed by atoms with Gasteiger partial charge in [0.05, 0.1) is 10.9 Å². The minimum absolute atomic E-state index is 0.0367. The fourth-order valence-corrected chi connectivity index (χ4v) is 4.94. The molecule has 0 saturated carbocycles. The standard InChI is InChI=1S/C27H28N4O4/c1-17-15-18(21-5-3-4-6-22(21)28-17)16-35-20-9-7-19(8-10-20)27(2)12-14-31(25(27)33)13-11-23-24(32)30-26(34)29-23/h3-10,15,23H,11-14,16H2,1-2H3,(H2,29,30,32,34)/t23-,27?/m0/s1. The first-order valence-electron chi connectivity index (χ1n) is 11.8. The normalized spacial score (nSPS) is 21.9. The lowest BCUT2D eigenvalue weighted by Gasteiger charge is -2.24. The molecular formula is C27H28N4O4. The number of pyridine rings is 1. The number of nitrogens with zero attached hydrogens (tertiary/aromatic N) is 2. The second-order valence-electron chi connectivity index (χ2n) is 9.43. The fraction of sp³-hybridized carbons (Fsp3) is 0.333. The molecule has 2 N–H and O–H groups in total. The number of rotatable bonds is 7. The number of likely N-dealkylation sites (tertiary alicyclic amines) is 1. The van der Waals surface area contributed by atoms with Gasteiger partial charge in [0.2, 0.25) is 5.91 Å². The zero-order valence-corrected chi connectivity index (χ0v) is 19.8. The summed E-state index contributed by atoms with van der Waals surface area (Å²) in [4.78, 5) is 42.7. The smallest absolute Gasteiger partial charge is 0.322 e. The molecule has 8 nitrogen and oxygen atoms in total. The van der Waals surface area contributed by atoms with Crippen LogP contribution in [0.3, 0.4) is 0 Å². The molecule has 2 aromatic carbocycles. The van der Waals surface area contributed by atoms with E-state index in [0.29, 0.717) is 32.5 Å². The first-order chi connectivity index (χ1) is 16.8. The largest absolute Gasteiger partial charge is 0.489 e. The van der Waals surface area contributed by atoms with Gasteiger partial charge in [-0.25, -0.2) is 4.79 Å². The Morgan fingerprint density at radius 2 is 1.89 bits per heavy atom.